The van der Waals surface area contributed by atoms with E-state index in [1.54, 1.807) is 4.90 Å². The molecule has 0 aliphatic rings. The van der Waals surface area contributed by atoms with E-state index in [0.29, 0.717) is 32.4 Å². The van der Waals surface area contributed by atoms with Crippen LogP contribution in [0, 0.1) is 0 Å². The van der Waals surface area contributed by atoms with Crippen LogP contribution in [0.2, 0.25) is 0 Å². The van der Waals surface area contributed by atoms with Gasteiger partial charge in [-0.05, 0) is 48.3 Å². The van der Waals surface area contributed by atoms with Crippen LogP contribution < -0.4 is 5.32 Å². The number of rotatable bonds is 10. The Kier molecular flexibility index (Phi) is 9.29. The van der Waals surface area contributed by atoms with Crippen molar-refractivity contribution in [1.29, 1.82) is 0 Å². The van der Waals surface area contributed by atoms with Crippen molar-refractivity contribution in [3.63, 3.8) is 0 Å². The van der Waals surface area contributed by atoms with Crippen LogP contribution >= 0.6 is 0 Å². The molecule has 0 saturated carbocycles. The van der Waals surface area contributed by atoms with Gasteiger partial charge < -0.3 is 10.2 Å². The molecule has 1 unspecified atom stereocenters. The van der Waals surface area contributed by atoms with Crippen LogP contribution in [0.15, 0.2) is 54.6 Å². The molecule has 0 aliphatic heterocycles. The van der Waals surface area contributed by atoms with E-state index in [1.807, 2.05) is 32.0 Å². The minimum Gasteiger partial charge on any atom is -0.355 e. The van der Waals surface area contributed by atoms with E-state index in [0.717, 1.165) is 12.0 Å². The average molecular weight is 423 g/mol. The Morgan fingerprint density at radius 1 is 0.903 bits per heavy atom. The molecule has 1 N–H and O–H groups in total. The van der Waals surface area contributed by atoms with E-state index >= 15 is 0 Å². The number of carbonyl (C=O) groups excluding carboxylic acids is 2. The van der Waals surface area contributed by atoms with Crippen LogP contribution in [0.25, 0.3) is 0 Å². The van der Waals surface area contributed by atoms with Gasteiger partial charge in [0.1, 0.15) is 6.04 Å². The summed E-state index contributed by atoms with van der Waals surface area (Å²) in [6.07, 6.45) is 2.42. The lowest BCUT2D eigenvalue weighted by Crippen LogP contribution is -2.50. The van der Waals surface area contributed by atoms with Gasteiger partial charge in [0.15, 0.2) is 0 Å². The van der Waals surface area contributed by atoms with Crippen LogP contribution in [-0.2, 0) is 27.8 Å². The zero-order chi connectivity index (χ0) is 22.9. The van der Waals surface area contributed by atoms with Crippen molar-refractivity contribution in [2.24, 2.45) is 0 Å². The number of benzene rings is 2. The Labute approximate surface area is 188 Å². The molecule has 2 rings (SSSR count). The van der Waals surface area contributed by atoms with Crippen LogP contribution in [0.3, 0.4) is 0 Å². The van der Waals surface area contributed by atoms with Gasteiger partial charge in [0.2, 0.25) is 11.8 Å². The first-order valence-electron chi connectivity index (χ1n) is 11.5. The highest BCUT2D eigenvalue weighted by atomic mass is 16.2. The number of likely N-dealkylation sites (N-methyl/N-ethyl adjacent to an activating group) is 1. The van der Waals surface area contributed by atoms with Gasteiger partial charge in [-0.2, -0.15) is 0 Å². The molecule has 2 amide bonds. The van der Waals surface area contributed by atoms with Gasteiger partial charge in [-0.25, -0.2) is 0 Å². The molecule has 4 nitrogen and oxygen atoms in total. The van der Waals surface area contributed by atoms with E-state index in [4.69, 9.17) is 0 Å². The molecule has 2 aromatic carbocycles. The molecular formula is C27H38N2O2. The third kappa shape index (κ3) is 7.54. The van der Waals surface area contributed by atoms with Crippen molar-refractivity contribution >= 4 is 11.8 Å². The normalized spacial score (nSPS) is 12.3. The van der Waals surface area contributed by atoms with Crippen LogP contribution in [0.4, 0.5) is 0 Å². The number of hydrogen-bond donors (Lipinski definition) is 1. The van der Waals surface area contributed by atoms with E-state index in [1.165, 1.54) is 11.1 Å². The summed E-state index contributed by atoms with van der Waals surface area (Å²) in [5.41, 5.74) is 3.72. The summed E-state index contributed by atoms with van der Waals surface area (Å²) in [6, 6.07) is 18.2. The second-order valence-corrected chi connectivity index (χ2v) is 9.09. The predicted molar refractivity (Wildman–Crippen MR) is 128 cm³/mol. The molecule has 0 aromatic heterocycles. The van der Waals surface area contributed by atoms with Gasteiger partial charge in [0, 0.05) is 19.5 Å². The predicted octanol–water partition coefficient (Wildman–Crippen LogP) is 4.90. The molecular weight excluding hydrogens is 384 g/mol. The molecule has 0 radical (unpaired) electrons. The minimum atomic E-state index is -0.431. The summed E-state index contributed by atoms with van der Waals surface area (Å²) < 4.78 is 0. The molecule has 1 atom stereocenters. The summed E-state index contributed by atoms with van der Waals surface area (Å²) in [5, 5.41) is 2.89. The number of amides is 2. The summed E-state index contributed by atoms with van der Waals surface area (Å²) >= 11 is 0. The lowest BCUT2D eigenvalue weighted by atomic mass is 9.86. The summed E-state index contributed by atoms with van der Waals surface area (Å²) in [4.78, 5) is 27.6. The molecule has 0 bridgehead atoms. The van der Waals surface area contributed by atoms with E-state index in [2.05, 4.69) is 62.5 Å². The van der Waals surface area contributed by atoms with Crippen molar-refractivity contribution < 1.29 is 9.59 Å². The quantitative estimate of drug-likeness (QED) is 0.592. The lowest BCUT2D eigenvalue weighted by molar-refractivity contribution is -0.140. The highest BCUT2D eigenvalue weighted by Crippen LogP contribution is 2.22. The van der Waals surface area contributed by atoms with Gasteiger partial charge in [-0.3, -0.25) is 9.59 Å². The zero-order valence-electron chi connectivity index (χ0n) is 19.8. The van der Waals surface area contributed by atoms with E-state index < -0.39 is 6.04 Å². The van der Waals surface area contributed by atoms with Crippen molar-refractivity contribution in [2.75, 3.05) is 13.1 Å². The van der Waals surface area contributed by atoms with E-state index in [-0.39, 0.29) is 17.2 Å². The first kappa shape index (κ1) is 24.6. The first-order chi connectivity index (χ1) is 14.8. The van der Waals surface area contributed by atoms with Gasteiger partial charge >= 0.3 is 0 Å². The molecule has 2 aromatic rings. The van der Waals surface area contributed by atoms with Crippen molar-refractivity contribution in [3.8, 4) is 0 Å². The van der Waals surface area contributed by atoms with Crippen LogP contribution in [-0.4, -0.2) is 35.8 Å². The third-order valence-corrected chi connectivity index (χ3v) is 5.67. The third-order valence-electron chi connectivity index (χ3n) is 5.67. The Balaban J connectivity index is 2.09. The highest BCUT2D eigenvalue weighted by Gasteiger charge is 2.27. The Hall–Kier alpha value is -2.62. The maximum Gasteiger partial charge on any atom is 0.242 e. The maximum atomic E-state index is 13.2. The maximum absolute atomic E-state index is 13.2. The van der Waals surface area contributed by atoms with Crippen molar-refractivity contribution in [1.82, 2.24) is 10.2 Å². The number of aryl methyl sites for hydroxylation is 1. The largest absolute Gasteiger partial charge is 0.355 e. The molecule has 0 fully saturated rings. The van der Waals surface area contributed by atoms with Gasteiger partial charge in [0.05, 0.1) is 0 Å². The smallest absolute Gasteiger partial charge is 0.242 e. The highest BCUT2D eigenvalue weighted by molar-refractivity contribution is 5.87. The van der Waals surface area contributed by atoms with Crippen LogP contribution in [0.1, 0.15) is 64.2 Å². The number of hydrogen-bond acceptors (Lipinski definition) is 2. The van der Waals surface area contributed by atoms with Gasteiger partial charge in [-0.15, -0.1) is 0 Å². The number of nitrogens with one attached hydrogen (secondary N) is 1. The molecule has 168 valence electrons. The molecule has 0 heterocycles. The Morgan fingerprint density at radius 3 is 2.06 bits per heavy atom. The lowest BCUT2D eigenvalue weighted by Gasteiger charge is -2.30. The molecule has 31 heavy (non-hydrogen) atoms. The Morgan fingerprint density at radius 2 is 1.52 bits per heavy atom. The molecule has 0 aliphatic carbocycles. The SMILES string of the molecule is CCNC(=O)C(CC)N(CCc1ccccc1)C(=O)CCc1ccc(C(C)(C)C)cc1. The molecule has 0 saturated heterocycles. The van der Waals surface area contributed by atoms with Gasteiger partial charge in [0.25, 0.3) is 0 Å². The summed E-state index contributed by atoms with van der Waals surface area (Å²) in [6.45, 7) is 11.6. The fourth-order valence-corrected chi connectivity index (χ4v) is 3.75. The second kappa shape index (κ2) is 11.7. The first-order valence-corrected chi connectivity index (χ1v) is 11.5. The van der Waals surface area contributed by atoms with Crippen molar-refractivity contribution in [3.05, 3.63) is 71.3 Å². The average Bonchev–Trinajstić information content (AvgIpc) is 2.75. The van der Waals surface area contributed by atoms with Gasteiger partial charge in [-0.1, -0.05) is 82.3 Å². The topological polar surface area (TPSA) is 49.4 Å². The number of nitrogens with zero attached hydrogens (tertiary/aromatic N) is 1. The molecule has 0 spiro atoms. The fourth-order valence-electron chi connectivity index (χ4n) is 3.75. The fraction of sp³-hybridized carbons (Fsp3) is 0.481. The minimum absolute atomic E-state index is 0.0360. The Bertz CT molecular complexity index is 823. The summed E-state index contributed by atoms with van der Waals surface area (Å²) in [5.74, 6) is -0.0325. The standard InChI is InChI=1S/C27H38N2O2/c1-6-24(26(31)28-7-2)29(20-19-21-11-9-8-10-12-21)25(30)18-15-22-13-16-23(17-14-22)27(3,4)5/h8-14,16-17,24H,6-7,15,18-20H2,1-5H3,(H,28,31). The molecule has 4 heteroatoms. The zero-order valence-corrected chi connectivity index (χ0v) is 19.8. The van der Waals surface area contributed by atoms with E-state index in [9.17, 15) is 9.59 Å². The van der Waals surface area contributed by atoms with Crippen LogP contribution in [0.5, 0.6) is 0 Å². The van der Waals surface area contributed by atoms with Crippen molar-refractivity contribution in [2.45, 2.75) is 71.8 Å². The monoisotopic (exact) mass is 422 g/mol. The second-order valence-electron chi connectivity index (χ2n) is 9.09. The summed E-state index contributed by atoms with van der Waals surface area (Å²) in [7, 11) is 0. The number of carbonyl (C=O) groups is 2.